The number of aliphatic hydroxyl groups is 1. The Hall–Kier alpha value is -2.83. The minimum atomic E-state index is -1.08. The van der Waals surface area contributed by atoms with Gasteiger partial charge in [0.1, 0.15) is 0 Å². The van der Waals surface area contributed by atoms with E-state index >= 15 is 0 Å². The van der Waals surface area contributed by atoms with Crippen molar-refractivity contribution in [3.05, 3.63) is 34.4 Å². The van der Waals surface area contributed by atoms with E-state index in [9.17, 15) is 9.90 Å². The van der Waals surface area contributed by atoms with Crippen LogP contribution in [-0.2, 0) is 0 Å². The summed E-state index contributed by atoms with van der Waals surface area (Å²) in [6, 6.07) is 4.59. The van der Waals surface area contributed by atoms with Gasteiger partial charge in [0.15, 0.2) is 6.61 Å². The molecule has 0 bridgehead atoms. The van der Waals surface area contributed by atoms with E-state index in [1.54, 1.807) is 6.07 Å². The van der Waals surface area contributed by atoms with Gasteiger partial charge in [0, 0.05) is 17.9 Å². The highest BCUT2D eigenvalue weighted by Gasteiger charge is 2.10. The fourth-order valence-corrected chi connectivity index (χ4v) is 2.18. The molecule has 0 aliphatic rings. The molecule has 4 N–H and O–H groups in total. The number of nitrogens with one attached hydrogen (secondary N) is 2. The summed E-state index contributed by atoms with van der Waals surface area (Å²) < 4.78 is 5.83. The van der Waals surface area contributed by atoms with Crippen molar-refractivity contribution < 1.29 is 19.7 Å². The van der Waals surface area contributed by atoms with Crippen LogP contribution in [0, 0.1) is 12.3 Å². The zero-order valence-corrected chi connectivity index (χ0v) is 14.6. The van der Waals surface area contributed by atoms with E-state index in [1.165, 1.54) is 18.3 Å². The first-order valence-electron chi connectivity index (χ1n) is 7.12. The molecular formula is C16H15BrN4O4. The molecule has 8 nitrogen and oxygen atoms in total. The van der Waals surface area contributed by atoms with E-state index in [0.29, 0.717) is 22.4 Å². The smallest absolute Gasteiger partial charge is 0.335 e. The van der Waals surface area contributed by atoms with Crippen molar-refractivity contribution in [2.45, 2.75) is 0 Å². The van der Waals surface area contributed by atoms with Gasteiger partial charge in [-0.05, 0) is 34.1 Å². The van der Waals surface area contributed by atoms with Gasteiger partial charge in [0.25, 0.3) is 0 Å². The number of halogens is 1. The molecule has 2 rings (SSSR count). The molecule has 1 aromatic carbocycles. The van der Waals surface area contributed by atoms with E-state index in [4.69, 9.17) is 16.3 Å². The fourth-order valence-electron chi connectivity index (χ4n) is 1.88. The maximum absolute atomic E-state index is 11.3. The minimum Gasteiger partial charge on any atom is -0.478 e. The van der Waals surface area contributed by atoms with Crippen LogP contribution in [-0.4, -0.2) is 45.9 Å². The topological polar surface area (TPSA) is 117 Å². The number of benzene rings is 1. The van der Waals surface area contributed by atoms with Gasteiger partial charge in [-0.15, -0.1) is 6.42 Å². The summed E-state index contributed by atoms with van der Waals surface area (Å²) in [4.78, 5) is 19.5. The molecule has 0 aliphatic carbocycles. The Morgan fingerprint density at radius 3 is 2.80 bits per heavy atom. The molecule has 0 atom stereocenters. The normalized spacial score (nSPS) is 9.96. The Bertz CT molecular complexity index is 807. The molecule has 25 heavy (non-hydrogen) atoms. The summed E-state index contributed by atoms with van der Waals surface area (Å²) in [6.07, 6.45) is 6.65. The van der Waals surface area contributed by atoms with Gasteiger partial charge in [-0.1, -0.05) is 5.92 Å². The monoisotopic (exact) mass is 406 g/mol. The number of carboxylic acid groups (broad SMARTS) is 1. The van der Waals surface area contributed by atoms with Gasteiger partial charge >= 0.3 is 5.97 Å². The Labute approximate surface area is 152 Å². The molecule has 0 saturated carbocycles. The first-order valence-corrected chi connectivity index (χ1v) is 7.91. The quantitative estimate of drug-likeness (QED) is 0.492. The maximum atomic E-state index is 11.3. The number of aromatic carboxylic acids is 1. The van der Waals surface area contributed by atoms with Crippen LogP contribution in [0.1, 0.15) is 10.4 Å². The molecule has 0 radical (unpaired) electrons. The lowest BCUT2D eigenvalue weighted by Gasteiger charge is -2.11. The molecule has 0 saturated heterocycles. The van der Waals surface area contributed by atoms with Crippen LogP contribution in [0.4, 0.5) is 17.3 Å². The van der Waals surface area contributed by atoms with Gasteiger partial charge in [0.2, 0.25) is 11.8 Å². The number of ether oxygens (including phenoxy) is 1. The predicted octanol–water partition coefficient (Wildman–Crippen LogP) is 2.10. The third-order valence-electron chi connectivity index (χ3n) is 2.88. The van der Waals surface area contributed by atoms with E-state index in [0.717, 1.165) is 0 Å². The number of anilines is 3. The zero-order chi connectivity index (χ0) is 18.2. The number of carbonyl (C=O) groups is 1. The van der Waals surface area contributed by atoms with E-state index in [2.05, 4.69) is 42.5 Å². The molecule has 1 aromatic heterocycles. The van der Waals surface area contributed by atoms with Gasteiger partial charge in [-0.3, -0.25) is 0 Å². The van der Waals surface area contributed by atoms with Gasteiger partial charge < -0.3 is 25.6 Å². The Morgan fingerprint density at radius 2 is 2.12 bits per heavy atom. The summed E-state index contributed by atoms with van der Waals surface area (Å²) in [5, 5.41) is 23.9. The summed E-state index contributed by atoms with van der Waals surface area (Å²) in [5.74, 6) is 1.74. The van der Waals surface area contributed by atoms with E-state index in [1.807, 2.05) is 0 Å². The summed E-state index contributed by atoms with van der Waals surface area (Å²) >= 11 is 3.26. The van der Waals surface area contributed by atoms with E-state index < -0.39 is 5.97 Å². The molecule has 130 valence electrons. The lowest BCUT2D eigenvalue weighted by atomic mass is 10.1. The molecule has 0 fully saturated rings. The number of rotatable bonds is 8. The predicted molar refractivity (Wildman–Crippen MR) is 96.3 cm³/mol. The van der Waals surface area contributed by atoms with Crippen LogP contribution < -0.4 is 15.4 Å². The number of aliphatic hydroxyl groups excluding tert-OH is 1. The third kappa shape index (κ3) is 5.34. The van der Waals surface area contributed by atoms with Gasteiger partial charge in [0.05, 0.1) is 22.8 Å². The second kappa shape index (κ2) is 8.86. The minimum absolute atomic E-state index is 0.0543. The molecule has 9 heteroatoms. The van der Waals surface area contributed by atoms with Crippen LogP contribution in [0.2, 0.25) is 0 Å². The number of aromatic nitrogens is 2. The zero-order valence-electron chi connectivity index (χ0n) is 13.0. The lowest BCUT2D eigenvalue weighted by molar-refractivity contribution is 0.0697. The van der Waals surface area contributed by atoms with Crippen LogP contribution in [0.15, 0.2) is 28.9 Å². The molecule has 0 aliphatic heterocycles. The number of nitrogens with zero attached hydrogens (tertiary/aromatic N) is 2. The summed E-state index contributed by atoms with van der Waals surface area (Å²) in [6.45, 7) is 0.270. The van der Waals surface area contributed by atoms with Crippen LogP contribution in [0.25, 0.3) is 0 Å². The first-order chi connectivity index (χ1) is 12.0. The molecule has 1 heterocycles. The largest absolute Gasteiger partial charge is 0.478 e. The van der Waals surface area contributed by atoms with Crippen LogP contribution >= 0.6 is 15.9 Å². The van der Waals surface area contributed by atoms with Crippen molar-refractivity contribution in [3.63, 3.8) is 0 Å². The maximum Gasteiger partial charge on any atom is 0.335 e. The number of carboxylic acids is 1. The molecular weight excluding hydrogens is 392 g/mol. The van der Waals surface area contributed by atoms with Crippen molar-refractivity contribution >= 4 is 39.2 Å². The van der Waals surface area contributed by atoms with Crippen molar-refractivity contribution in [2.24, 2.45) is 0 Å². The average Bonchev–Trinajstić information content (AvgIpc) is 2.60. The Morgan fingerprint density at radius 1 is 1.36 bits per heavy atom. The lowest BCUT2D eigenvalue weighted by Crippen LogP contribution is -2.08. The highest BCUT2D eigenvalue weighted by Crippen LogP contribution is 2.25. The highest BCUT2D eigenvalue weighted by atomic mass is 79.9. The van der Waals surface area contributed by atoms with Crippen LogP contribution in [0.5, 0.6) is 5.88 Å². The number of hydrogen-bond acceptors (Lipinski definition) is 7. The number of terminal acetylenes is 1. The highest BCUT2D eigenvalue weighted by molar-refractivity contribution is 9.10. The van der Waals surface area contributed by atoms with Crippen molar-refractivity contribution in [1.82, 2.24) is 9.97 Å². The average molecular weight is 407 g/mol. The van der Waals surface area contributed by atoms with E-state index in [-0.39, 0.29) is 30.6 Å². The second-order valence-corrected chi connectivity index (χ2v) is 5.57. The SMILES string of the molecule is C#CCOc1nc(Nc2cc(NCCO)cc(C(=O)O)c2)ncc1Br. The fraction of sp³-hybridized carbons (Fsp3) is 0.188. The summed E-state index contributed by atoms with van der Waals surface area (Å²) in [7, 11) is 0. The molecule has 0 spiro atoms. The van der Waals surface area contributed by atoms with Gasteiger partial charge in [-0.25, -0.2) is 9.78 Å². The molecule has 2 aromatic rings. The van der Waals surface area contributed by atoms with Crippen molar-refractivity contribution in [1.29, 1.82) is 0 Å². The standard InChI is InChI=1S/C16H15BrN4O4/c1-2-5-25-14-13(17)9-19-16(21-14)20-12-7-10(15(23)24)6-11(8-12)18-3-4-22/h1,6-9,18,22H,3-5H2,(H,23,24)(H,19,20,21). The Balaban J connectivity index is 2.28. The Kier molecular flexibility index (Phi) is 6.56. The number of hydrogen-bond donors (Lipinski definition) is 4. The molecule has 0 amide bonds. The van der Waals surface area contributed by atoms with Crippen molar-refractivity contribution in [3.8, 4) is 18.2 Å². The summed E-state index contributed by atoms with van der Waals surface area (Å²) in [5.41, 5.74) is 1.08. The van der Waals surface area contributed by atoms with Crippen LogP contribution in [0.3, 0.4) is 0 Å². The van der Waals surface area contributed by atoms with Gasteiger partial charge in [-0.2, -0.15) is 4.98 Å². The first kappa shape index (κ1) is 18.5. The third-order valence-corrected chi connectivity index (χ3v) is 3.43. The second-order valence-electron chi connectivity index (χ2n) is 4.72. The van der Waals surface area contributed by atoms with Crippen molar-refractivity contribution in [2.75, 3.05) is 30.4 Å². The molecule has 0 unspecified atom stereocenters.